The van der Waals surface area contributed by atoms with E-state index >= 15 is 0 Å². The third-order valence-corrected chi connectivity index (χ3v) is 1.48. The molecule has 0 aliphatic rings. The quantitative estimate of drug-likeness (QED) is 0.714. The highest BCUT2D eigenvalue weighted by Gasteiger charge is 2.20. The Bertz CT molecular complexity index is 341. The number of carbonyl (C=O) groups excluding carboxylic acids is 1. The summed E-state index contributed by atoms with van der Waals surface area (Å²) in [6, 6.07) is 1.19. The Hall–Kier alpha value is -1.72. The number of nitrogens with zero attached hydrogens (tertiary/aromatic N) is 1. The number of hydrogen-bond donors (Lipinski definition) is 2. The third kappa shape index (κ3) is 1.71. The number of primary amides is 1. The Morgan fingerprint density at radius 2 is 2.15 bits per heavy atom. The van der Waals surface area contributed by atoms with E-state index in [1.165, 1.54) is 6.07 Å². The molecule has 70 valence electrons. The summed E-state index contributed by atoms with van der Waals surface area (Å²) < 4.78 is 24.6. The fraction of sp³-hybridized carbons (Fsp3) is 0.143. The summed E-state index contributed by atoms with van der Waals surface area (Å²) in [6.45, 7) is 0. The lowest BCUT2D eigenvalue weighted by Gasteiger charge is -2.06. The summed E-state index contributed by atoms with van der Waals surface area (Å²) in [6.07, 6.45) is -1.70. The van der Waals surface area contributed by atoms with Crippen LogP contribution < -0.4 is 11.5 Å². The van der Waals surface area contributed by atoms with E-state index < -0.39 is 23.6 Å². The van der Waals surface area contributed by atoms with Gasteiger partial charge in [0.2, 0.25) is 0 Å². The molecule has 0 unspecified atom stereocenters. The van der Waals surface area contributed by atoms with Crippen molar-refractivity contribution in [1.29, 1.82) is 0 Å². The average molecular weight is 187 g/mol. The van der Waals surface area contributed by atoms with Crippen LogP contribution in [-0.2, 0) is 0 Å². The second-order valence-corrected chi connectivity index (χ2v) is 2.33. The fourth-order valence-electron chi connectivity index (χ4n) is 0.914. The van der Waals surface area contributed by atoms with Crippen molar-refractivity contribution < 1.29 is 13.6 Å². The zero-order valence-corrected chi connectivity index (χ0v) is 6.50. The van der Waals surface area contributed by atoms with Crippen LogP contribution in [0.25, 0.3) is 0 Å². The lowest BCUT2D eigenvalue weighted by atomic mass is 10.1. The van der Waals surface area contributed by atoms with Gasteiger partial charge in [-0.1, -0.05) is 0 Å². The van der Waals surface area contributed by atoms with E-state index in [4.69, 9.17) is 11.5 Å². The van der Waals surface area contributed by atoms with E-state index in [-0.39, 0.29) is 5.69 Å². The number of amides is 1. The number of halogens is 2. The molecule has 0 atom stereocenters. The van der Waals surface area contributed by atoms with Crippen LogP contribution in [-0.4, -0.2) is 10.9 Å². The predicted molar refractivity (Wildman–Crippen MR) is 42.1 cm³/mol. The Balaban J connectivity index is 3.34. The minimum Gasteiger partial charge on any atom is -0.398 e. The van der Waals surface area contributed by atoms with Crippen molar-refractivity contribution in [3.05, 3.63) is 23.5 Å². The minimum atomic E-state index is -2.85. The minimum absolute atomic E-state index is 0.182. The molecule has 4 nitrogen and oxygen atoms in total. The molecule has 1 rings (SSSR count). The molecule has 0 aliphatic carbocycles. The van der Waals surface area contributed by atoms with Crippen LogP contribution in [0.4, 0.5) is 14.5 Å². The van der Waals surface area contributed by atoms with Gasteiger partial charge in [-0.25, -0.2) is 8.78 Å². The molecule has 0 aliphatic heterocycles. The van der Waals surface area contributed by atoms with Gasteiger partial charge in [-0.15, -0.1) is 0 Å². The lowest BCUT2D eigenvalue weighted by Crippen LogP contribution is -2.17. The topological polar surface area (TPSA) is 82.0 Å². The summed E-state index contributed by atoms with van der Waals surface area (Å²) in [5, 5.41) is 0. The smallest absolute Gasteiger partial charge is 0.268 e. The van der Waals surface area contributed by atoms with Gasteiger partial charge in [0, 0.05) is 11.9 Å². The van der Waals surface area contributed by atoms with Crippen molar-refractivity contribution in [2.75, 3.05) is 5.73 Å². The average Bonchev–Trinajstić information content (AvgIpc) is 2.02. The molecule has 1 aromatic rings. The first-order valence-electron chi connectivity index (χ1n) is 3.36. The maximum absolute atomic E-state index is 12.3. The van der Waals surface area contributed by atoms with E-state index in [9.17, 15) is 13.6 Å². The van der Waals surface area contributed by atoms with Crippen molar-refractivity contribution in [1.82, 2.24) is 4.98 Å². The summed E-state index contributed by atoms with van der Waals surface area (Å²) >= 11 is 0. The normalized spacial score (nSPS) is 10.4. The lowest BCUT2D eigenvalue weighted by molar-refractivity contribution is 0.0980. The Kier molecular flexibility index (Phi) is 2.41. The summed E-state index contributed by atoms with van der Waals surface area (Å²) in [4.78, 5) is 14.1. The van der Waals surface area contributed by atoms with Gasteiger partial charge in [-0.3, -0.25) is 9.78 Å². The van der Waals surface area contributed by atoms with Crippen molar-refractivity contribution in [3.63, 3.8) is 0 Å². The highest BCUT2D eigenvalue weighted by Crippen LogP contribution is 2.26. The van der Waals surface area contributed by atoms with E-state index in [1.54, 1.807) is 0 Å². The number of pyridine rings is 1. The first kappa shape index (κ1) is 9.37. The van der Waals surface area contributed by atoms with Gasteiger partial charge < -0.3 is 11.5 Å². The third-order valence-electron chi connectivity index (χ3n) is 1.48. The van der Waals surface area contributed by atoms with Gasteiger partial charge in [0.25, 0.3) is 12.3 Å². The number of aromatic nitrogens is 1. The Morgan fingerprint density at radius 3 is 2.54 bits per heavy atom. The van der Waals surface area contributed by atoms with Crippen LogP contribution in [0.5, 0.6) is 0 Å². The molecule has 0 saturated heterocycles. The van der Waals surface area contributed by atoms with Gasteiger partial charge in [0.1, 0.15) is 5.69 Å². The van der Waals surface area contributed by atoms with Crippen LogP contribution >= 0.6 is 0 Å². The highest BCUT2D eigenvalue weighted by atomic mass is 19.3. The van der Waals surface area contributed by atoms with Crippen LogP contribution in [0.1, 0.15) is 22.5 Å². The van der Waals surface area contributed by atoms with Gasteiger partial charge in [-0.2, -0.15) is 0 Å². The molecule has 1 heterocycles. The predicted octanol–water partition coefficient (Wildman–Crippen LogP) is 0.700. The standard InChI is InChI=1S/C7H7F2N3O/c8-6(9)4-3(10)1-2-12-5(4)7(11)13/h1-2,6H,(H2,10,12)(H2,11,13). The summed E-state index contributed by atoms with van der Waals surface area (Å²) in [7, 11) is 0. The second-order valence-electron chi connectivity index (χ2n) is 2.33. The number of nitrogens with two attached hydrogens (primary N) is 2. The molecule has 1 aromatic heterocycles. The Labute approximate surface area is 72.6 Å². The van der Waals surface area contributed by atoms with E-state index in [2.05, 4.69) is 4.98 Å². The first-order valence-corrected chi connectivity index (χ1v) is 3.36. The molecule has 6 heteroatoms. The number of rotatable bonds is 2. The molecule has 0 bridgehead atoms. The molecule has 0 aromatic carbocycles. The zero-order chi connectivity index (χ0) is 10.0. The van der Waals surface area contributed by atoms with E-state index in [0.717, 1.165) is 6.20 Å². The second kappa shape index (κ2) is 3.34. The highest BCUT2D eigenvalue weighted by molar-refractivity contribution is 5.93. The molecule has 0 spiro atoms. The van der Waals surface area contributed by atoms with Crippen molar-refractivity contribution in [2.24, 2.45) is 5.73 Å². The molecule has 0 saturated carbocycles. The van der Waals surface area contributed by atoms with E-state index in [0.29, 0.717) is 0 Å². The van der Waals surface area contributed by atoms with Gasteiger partial charge in [-0.05, 0) is 6.07 Å². The van der Waals surface area contributed by atoms with Crippen LogP contribution in [0.15, 0.2) is 12.3 Å². The summed E-state index contributed by atoms with van der Waals surface area (Å²) in [5.74, 6) is -1.01. The summed E-state index contributed by atoms with van der Waals surface area (Å²) in [5.41, 5.74) is 8.80. The molecule has 4 N–H and O–H groups in total. The zero-order valence-electron chi connectivity index (χ0n) is 6.50. The molecule has 1 amide bonds. The van der Waals surface area contributed by atoms with E-state index in [1.807, 2.05) is 0 Å². The maximum Gasteiger partial charge on any atom is 0.268 e. The molecular formula is C7H7F2N3O. The number of nitrogen functional groups attached to an aromatic ring is 1. The van der Waals surface area contributed by atoms with Gasteiger partial charge in [0.05, 0.1) is 5.56 Å². The van der Waals surface area contributed by atoms with Crippen LogP contribution in [0.2, 0.25) is 0 Å². The maximum atomic E-state index is 12.3. The molecule has 13 heavy (non-hydrogen) atoms. The Morgan fingerprint density at radius 1 is 1.54 bits per heavy atom. The van der Waals surface area contributed by atoms with Gasteiger partial charge in [0.15, 0.2) is 0 Å². The first-order chi connectivity index (χ1) is 6.04. The number of carbonyl (C=O) groups is 1. The monoisotopic (exact) mass is 187 g/mol. The van der Waals surface area contributed by atoms with Crippen molar-refractivity contribution >= 4 is 11.6 Å². The SMILES string of the molecule is NC(=O)c1nccc(N)c1C(F)F. The number of hydrogen-bond acceptors (Lipinski definition) is 3. The largest absolute Gasteiger partial charge is 0.398 e. The molecule has 0 radical (unpaired) electrons. The van der Waals surface area contributed by atoms with Gasteiger partial charge >= 0.3 is 0 Å². The molecule has 0 fully saturated rings. The van der Waals surface area contributed by atoms with Crippen LogP contribution in [0.3, 0.4) is 0 Å². The number of alkyl halides is 2. The van der Waals surface area contributed by atoms with Crippen molar-refractivity contribution in [2.45, 2.75) is 6.43 Å². The fourth-order valence-corrected chi connectivity index (χ4v) is 0.914. The van der Waals surface area contributed by atoms with Crippen molar-refractivity contribution in [3.8, 4) is 0 Å². The number of anilines is 1. The molecular weight excluding hydrogens is 180 g/mol. The van der Waals surface area contributed by atoms with Crippen LogP contribution in [0, 0.1) is 0 Å².